The van der Waals surface area contributed by atoms with Gasteiger partial charge in [-0.25, -0.2) is 9.59 Å². The Morgan fingerprint density at radius 3 is 2.58 bits per heavy atom. The minimum Gasteiger partial charge on any atom is -0.465 e. The SMILES string of the molecule is C=CCOC(=O)N(CC1(c2noc(C3CN(Cc4ccc(C(=O)OC)cc4)C3)n2)CC1)[C@H]1CC1c1ccccc1. The molecule has 2 aromatic carbocycles. The molecule has 40 heavy (non-hydrogen) atoms. The van der Waals surface area contributed by atoms with E-state index in [1.54, 1.807) is 18.2 Å². The molecule has 3 fully saturated rings. The molecular formula is C31H34N4O5. The molecular weight excluding hydrogens is 508 g/mol. The lowest BCUT2D eigenvalue weighted by atomic mass is 9.98. The predicted molar refractivity (Wildman–Crippen MR) is 147 cm³/mol. The van der Waals surface area contributed by atoms with Gasteiger partial charge < -0.3 is 18.9 Å². The quantitative estimate of drug-likeness (QED) is 0.255. The number of hydrogen-bond acceptors (Lipinski definition) is 8. The van der Waals surface area contributed by atoms with Crippen LogP contribution >= 0.6 is 0 Å². The van der Waals surface area contributed by atoms with Crippen molar-refractivity contribution in [1.29, 1.82) is 0 Å². The van der Waals surface area contributed by atoms with E-state index in [0.29, 0.717) is 29.7 Å². The number of esters is 1. The van der Waals surface area contributed by atoms with Crippen molar-refractivity contribution in [2.75, 3.05) is 33.4 Å². The summed E-state index contributed by atoms with van der Waals surface area (Å²) in [6.45, 7) is 6.82. The first-order chi connectivity index (χ1) is 19.5. The Balaban J connectivity index is 1.07. The number of carbonyl (C=O) groups excluding carboxylic acids is 2. The van der Waals surface area contributed by atoms with E-state index in [1.807, 2.05) is 35.2 Å². The third-order valence-corrected chi connectivity index (χ3v) is 8.27. The van der Waals surface area contributed by atoms with Crippen LogP contribution in [0.2, 0.25) is 0 Å². The molecule has 0 radical (unpaired) electrons. The first-order valence-electron chi connectivity index (χ1n) is 13.8. The number of carbonyl (C=O) groups is 2. The van der Waals surface area contributed by atoms with Gasteiger partial charge in [0.1, 0.15) is 6.61 Å². The standard InChI is InChI=1S/C31H34N4O5/c1-3-15-39-30(37)35(26-16-25(26)22-7-5-4-6-8-22)20-31(13-14-31)29-32-27(40-33-29)24-18-34(19-24)17-21-9-11-23(12-10-21)28(36)38-2/h3-12,24-26H,1,13-20H2,2H3/t25?,26-/m0/s1. The van der Waals surface area contributed by atoms with Gasteiger partial charge in [0.25, 0.3) is 0 Å². The molecule has 1 aromatic heterocycles. The zero-order valence-corrected chi connectivity index (χ0v) is 22.7. The highest BCUT2D eigenvalue weighted by Gasteiger charge is 2.55. The highest BCUT2D eigenvalue weighted by Crippen LogP contribution is 2.52. The van der Waals surface area contributed by atoms with Crippen LogP contribution in [-0.2, 0) is 21.4 Å². The molecule has 2 aliphatic carbocycles. The van der Waals surface area contributed by atoms with Gasteiger partial charge in [-0.1, -0.05) is 60.3 Å². The van der Waals surface area contributed by atoms with Crippen LogP contribution in [-0.4, -0.2) is 71.4 Å². The van der Waals surface area contributed by atoms with Crippen LogP contribution in [0.15, 0.2) is 71.8 Å². The summed E-state index contributed by atoms with van der Waals surface area (Å²) in [5, 5.41) is 4.38. The fourth-order valence-electron chi connectivity index (χ4n) is 5.64. The highest BCUT2D eigenvalue weighted by atomic mass is 16.6. The second-order valence-corrected chi connectivity index (χ2v) is 11.1. The smallest absolute Gasteiger partial charge is 0.410 e. The summed E-state index contributed by atoms with van der Waals surface area (Å²) in [4.78, 5) is 33.7. The van der Waals surface area contributed by atoms with Gasteiger partial charge in [0, 0.05) is 38.1 Å². The Morgan fingerprint density at radius 1 is 1.15 bits per heavy atom. The maximum Gasteiger partial charge on any atom is 0.410 e. The van der Waals surface area contributed by atoms with Crippen LogP contribution in [0.5, 0.6) is 0 Å². The summed E-state index contributed by atoms with van der Waals surface area (Å²) in [5.74, 6) is 1.52. The molecule has 0 N–H and O–H groups in total. The highest BCUT2D eigenvalue weighted by molar-refractivity contribution is 5.89. The molecule has 3 aliphatic rings. The van der Waals surface area contributed by atoms with E-state index >= 15 is 0 Å². The van der Waals surface area contributed by atoms with Crippen LogP contribution in [0.3, 0.4) is 0 Å². The van der Waals surface area contributed by atoms with Crippen LogP contribution in [0.4, 0.5) is 4.79 Å². The van der Waals surface area contributed by atoms with Crippen molar-refractivity contribution in [3.05, 3.63) is 95.7 Å². The molecule has 1 unspecified atom stereocenters. The van der Waals surface area contributed by atoms with Crippen LogP contribution < -0.4 is 0 Å². The fraction of sp³-hybridized carbons (Fsp3) is 0.419. The van der Waals surface area contributed by atoms with Gasteiger partial charge in [0.15, 0.2) is 5.82 Å². The van der Waals surface area contributed by atoms with E-state index in [9.17, 15) is 9.59 Å². The Kier molecular flexibility index (Phi) is 7.14. The molecule has 208 valence electrons. The number of nitrogens with zero attached hydrogens (tertiary/aromatic N) is 4. The summed E-state index contributed by atoms with van der Waals surface area (Å²) >= 11 is 0. The van der Waals surface area contributed by atoms with E-state index in [-0.39, 0.29) is 36.0 Å². The summed E-state index contributed by atoms with van der Waals surface area (Å²) in [7, 11) is 1.38. The van der Waals surface area contributed by atoms with Gasteiger partial charge in [-0.15, -0.1) is 0 Å². The van der Waals surface area contributed by atoms with Crippen LogP contribution in [0, 0.1) is 0 Å². The van der Waals surface area contributed by atoms with Gasteiger partial charge >= 0.3 is 12.1 Å². The van der Waals surface area contributed by atoms with Gasteiger partial charge in [0.2, 0.25) is 5.89 Å². The van der Waals surface area contributed by atoms with Crippen LogP contribution in [0.25, 0.3) is 0 Å². The number of rotatable bonds is 11. The summed E-state index contributed by atoms with van der Waals surface area (Å²) < 4.78 is 16.0. The second kappa shape index (κ2) is 10.9. The Bertz CT molecular complexity index is 1360. The number of benzene rings is 2. The van der Waals surface area contributed by atoms with E-state index in [1.165, 1.54) is 12.7 Å². The largest absolute Gasteiger partial charge is 0.465 e. The fourth-order valence-corrected chi connectivity index (χ4v) is 5.64. The molecule has 9 nitrogen and oxygen atoms in total. The van der Waals surface area contributed by atoms with E-state index in [2.05, 4.69) is 28.8 Å². The minimum absolute atomic E-state index is 0.102. The van der Waals surface area contributed by atoms with Gasteiger partial charge in [0.05, 0.1) is 24.0 Å². The van der Waals surface area contributed by atoms with E-state index in [0.717, 1.165) is 44.5 Å². The molecule has 1 saturated heterocycles. The van der Waals surface area contributed by atoms with E-state index in [4.69, 9.17) is 19.0 Å². The Morgan fingerprint density at radius 2 is 1.90 bits per heavy atom. The molecule has 2 heterocycles. The number of amides is 1. The zero-order valence-electron chi connectivity index (χ0n) is 22.7. The van der Waals surface area contributed by atoms with Crippen molar-refractivity contribution in [2.24, 2.45) is 0 Å². The average Bonchev–Trinajstić information content (AvgIpc) is 3.89. The molecule has 1 aliphatic heterocycles. The van der Waals surface area contributed by atoms with E-state index < -0.39 is 0 Å². The topological polar surface area (TPSA) is 98.0 Å². The summed E-state index contributed by atoms with van der Waals surface area (Å²) in [6, 6.07) is 17.9. The molecule has 9 heteroatoms. The average molecular weight is 543 g/mol. The summed E-state index contributed by atoms with van der Waals surface area (Å²) in [6.07, 6.45) is 4.03. The Labute approximate surface area is 233 Å². The van der Waals surface area contributed by atoms with Crippen molar-refractivity contribution in [1.82, 2.24) is 19.9 Å². The number of ether oxygens (including phenoxy) is 2. The molecule has 2 atom stereocenters. The molecule has 6 rings (SSSR count). The minimum atomic E-state index is -0.332. The number of likely N-dealkylation sites (tertiary alicyclic amines) is 1. The first kappa shape index (κ1) is 26.3. The lowest BCUT2D eigenvalue weighted by Gasteiger charge is -2.37. The number of methoxy groups -OCH3 is 1. The molecule has 1 amide bonds. The lowest BCUT2D eigenvalue weighted by Crippen LogP contribution is -2.44. The van der Waals surface area contributed by atoms with Crippen molar-refractivity contribution < 1.29 is 23.6 Å². The van der Waals surface area contributed by atoms with Gasteiger partial charge in [-0.2, -0.15) is 4.98 Å². The normalized spacial score (nSPS) is 21.2. The van der Waals surface area contributed by atoms with Crippen molar-refractivity contribution >= 4 is 12.1 Å². The van der Waals surface area contributed by atoms with Gasteiger partial charge in [-0.3, -0.25) is 4.90 Å². The molecule has 0 spiro atoms. The van der Waals surface area contributed by atoms with Gasteiger partial charge in [-0.05, 0) is 42.5 Å². The maximum absolute atomic E-state index is 13.1. The third-order valence-electron chi connectivity index (χ3n) is 8.27. The van der Waals surface area contributed by atoms with Crippen molar-refractivity contribution in [2.45, 2.75) is 49.1 Å². The monoisotopic (exact) mass is 542 g/mol. The maximum atomic E-state index is 13.1. The second-order valence-electron chi connectivity index (χ2n) is 11.1. The molecule has 2 saturated carbocycles. The van der Waals surface area contributed by atoms with Crippen LogP contribution in [0.1, 0.15) is 64.3 Å². The van der Waals surface area contributed by atoms with Crippen molar-refractivity contribution in [3.63, 3.8) is 0 Å². The molecule has 0 bridgehead atoms. The summed E-state index contributed by atoms with van der Waals surface area (Å²) in [5.41, 5.74) is 2.63. The number of hydrogen-bond donors (Lipinski definition) is 0. The Hall–Kier alpha value is -3.98. The first-order valence-corrected chi connectivity index (χ1v) is 13.8. The zero-order chi connectivity index (χ0) is 27.7. The molecule has 3 aromatic rings. The lowest BCUT2D eigenvalue weighted by molar-refractivity contribution is 0.0600. The number of aromatic nitrogens is 2. The van der Waals surface area contributed by atoms with Crippen molar-refractivity contribution in [3.8, 4) is 0 Å². The third kappa shape index (κ3) is 5.38. The predicted octanol–water partition coefficient (Wildman–Crippen LogP) is 4.67.